The van der Waals surface area contributed by atoms with Gasteiger partial charge in [0.15, 0.2) is 10.9 Å². The van der Waals surface area contributed by atoms with Gasteiger partial charge in [-0.25, -0.2) is 0 Å². The zero-order valence-corrected chi connectivity index (χ0v) is 59.9. The lowest BCUT2D eigenvalue weighted by Crippen LogP contribution is -1.95. The summed E-state index contributed by atoms with van der Waals surface area (Å²) in [5.41, 5.74) is 8.24. The molecule has 4 aromatic heterocycles. The van der Waals surface area contributed by atoms with Crippen LogP contribution < -0.4 is 10.9 Å². The number of unbranched alkanes of at least 4 members (excludes halogenated alkanes) is 36. The van der Waals surface area contributed by atoms with Crippen LogP contribution in [0.4, 0.5) is 0 Å². The minimum Gasteiger partial charge on any atom is -0.289 e. The van der Waals surface area contributed by atoms with Crippen LogP contribution in [0.2, 0.25) is 0 Å². The number of rotatable bonds is 48. The van der Waals surface area contributed by atoms with E-state index in [4.69, 9.17) is 0 Å². The van der Waals surface area contributed by atoms with Crippen LogP contribution in [0.1, 0.15) is 307 Å². The number of thiophene rings is 4. The third-order valence-electron chi connectivity index (χ3n) is 19.9. The Balaban J connectivity index is 0.920. The van der Waals surface area contributed by atoms with Crippen molar-refractivity contribution in [1.29, 1.82) is 0 Å². The van der Waals surface area contributed by atoms with Gasteiger partial charge in [0.2, 0.25) is 0 Å². The molecule has 4 heterocycles. The highest BCUT2D eigenvalue weighted by Crippen LogP contribution is 2.45. The standard InChI is InChI=1S/C84H114O2S4/c1-5-9-13-17-21-25-29-33-37-41-45-63-53-77(87-61-63)79-57-65(47-43-39-35-31-27-23-19-15-11-7-3)83(89-79)67-49-51-69-71-59-76-72(60-75(71)81(85)73(69)55-67)70-52-50-68(56-74(70)82(76)86)84-66(48-44-40-36-32-28-24-20-16-12-8-4)58-80(90-84)78-54-64(62-88-78)46-42-38-34-30-26-22-18-14-10-6-2/h49-62H,5-48H2,1-4H3. The molecule has 0 atom stereocenters. The normalized spacial score (nSPS) is 12.0. The molecule has 0 saturated carbocycles. The van der Waals surface area contributed by atoms with Crippen molar-refractivity contribution in [2.24, 2.45) is 0 Å². The van der Waals surface area contributed by atoms with Gasteiger partial charge in [-0.1, -0.05) is 283 Å². The summed E-state index contributed by atoms with van der Waals surface area (Å²) >= 11 is 7.65. The summed E-state index contributed by atoms with van der Waals surface area (Å²) in [7, 11) is 0. The highest BCUT2D eigenvalue weighted by atomic mass is 32.1. The van der Waals surface area contributed by atoms with Crippen molar-refractivity contribution in [1.82, 2.24) is 0 Å². The first-order valence-electron chi connectivity index (χ1n) is 37.4. The van der Waals surface area contributed by atoms with Crippen molar-refractivity contribution in [2.75, 3.05) is 0 Å². The largest absolute Gasteiger partial charge is 0.289 e. The molecule has 0 amide bonds. The predicted octanol–water partition coefficient (Wildman–Crippen LogP) is 28.7. The van der Waals surface area contributed by atoms with Crippen LogP contribution in [0.5, 0.6) is 0 Å². The van der Waals surface area contributed by atoms with Crippen LogP contribution >= 0.6 is 45.3 Å². The number of hydrogen-bond donors (Lipinski definition) is 0. The molecule has 0 aliphatic rings. The van der Waals surface area contributed by atoms with E-state index in [2.05, 4.69) is 111 Å². The summed E-state index contributed by atoms with van der Waals surface area (Å²) < 4.78 is 0. The molecule has 0 unspecified atom stereocenters. The van der Waals surface area contributed by atoms with Gasteiger partial charge in [0.05, 0.1) is 0 Å². The van der Waals surface area contributed by atoms with Crippen molar-refractivity contribution >= 4 is 88.4 Å². The van der Waals surface area contributed by atoms with Crippen molar-refractivity contribution in [3.63, 3.8) is 0 Å². The van der Waals surface area contributed by atoms with E-state index in [0.717, 1.165) is 67.1 Å². The molecule has 5 aromatic carbocycles. The average molecular weight is 1280 g/mol. The van der Waals surface area contributed by atoms with E-state index < -0.39 is 0 Å². The van der Waals surface area contributed by atoms with Crippen LogP contribution in [0.3, 0.4) is 0 Å². The molecular formula is C84H114O2S4. The van der Waals surface area contributed by atoms with Crippen molar-refractivity contribution < 1.29 is 0 Å². The Morgan fingerprint density at radius 3 is 0.844 bits per heavy atom. The van der Waals surface area contributed by atoms with Crippen molar-refractivity contribution in [3.05, 3.63) is 126 Å². The van der Waals surface area contributed by atoms with Crippen molar-refractivity contribution in [2.45, 2.75) is 310 Å². The molecule has 9 rings (SSSR count). The van der Waals surface area contributed by atoms with E-state index >= 15 is 0 Å². The lowest BCUT2D eigenvalue weighted by Gasteiger charge is -2.06. The highest BCUT2D eigenvalue weighted by molar-refractivity contribution is 7.24. The molecule has 6 heteroatoms. The fraction of sp³-hybridized carbons (Fsp3) is 0.571. The minimum atomic E-state index is 0.0769. The number of aryl methyl sites for hydroxylation is 4. The lowest BCUT2D eigenvalue weighted by atomic mass is 10.0. The summed E-state index contributed by atoms with van der Waals surface area (Å²) in [6.45, 7) is 9.20. The predicted molar refractivity (Wildman–Crippen MR) is 407 cm³/mol. The SMILES string of the molecule is CCCCCCCCCCCCc1csc(-c2cc(CCCCCCCCCCCC)c(-c3ccc4c(c3)c(=O)c3cc5c(cc34)c(=O)c3cc(-c4sc(-c6cc(CCCCCCCCCCCC)cs6)cc4CCCCCCCCCCCC)ccc35)s2)c1. The summed E-state index contributed by atoms with van der Waals surface area (Å²) in [5, 5.41) is 11.5. The third kappa shape index (κ3) is 20.4. The van der Waals surface area contributed by atoms with Gasteiger partial charge < -0.3 is 0 Å². The van der Waals surface area contributed by atoms with Crippen LogP contribution in [0.25, 0.3) is 83.5 Å². The fourth-order valence-electron chi connectivity index (χ4n) is 14.4. The van der Waals surface area contributed by atoms with Crippen molar-refractivity contribution in [3.8, 4) is 40.4 Å². The second-order valence-corrected chi connectivity index (χ2v) is 31.3. The van der Waals surface area contributed by atoms with Gasteiger partial charge in [0.25, 0.3) is 0 Å². The van der Waals surface area contributed by atoms with Gasteiger partial charge in [-0.3, -0.25) is 9.59 Å². The van der Waals surface area contributed by atoms with E-state index in [1.165, 1.54) is 321 Å². The smallest absolute Gasteiger partial charge is 0.194 e. The maximum atomic E-state index is 14.8. The van der Waals surface area contributed by atoms with Gasteiger partial charge >= 0.3 is 0 Å². The zero-order chi connectivity index (χ0) is 62.5. The Bertz CT molecular complexity index is 3370. The van der Waals surface area contributed by atoms with Crippen LogP contribution in [-0.2, 0) is 25.7 Å². The van der Waals surface area contributed by atoms with Crippen LogP contribution in [0, 0.1) is 0 Å². The molecule has 486 valence electrons. The maximum absolute atomic E-state index is 14.8. The number of fused-ring (bicyclic) bond motifs is 6. The molecule has 9 aromatic rings. The van der Waals surface area contributed by atoms with Gasteiger partial charge in [-0.15, -0.1) is 45.3 Å². The first kappa shape index (κ1) is 70.1. The van der Waals surface area contributed by atoms with Gasteiger partial charge in [0, 0.05) is 50.8 Å². The number of hydrogen-bond acceptors (Lipinski definition) is 6. The molecule has 0 aliphatic carbocycles. The molecule has 0 spiro atoms. The summed E-state index contributed by atoms with van der Waals surface area (Å²) in [6.07, 6.45) is 58.4. The van der Waals surface area contributed by atoms with Gasteiger partial charge in [-0.05, 0) is 166 Å². The van der Waals surface area contributed by atoms with Gasteiger partial charge in [-0.2, -0.15) is 0 Å². The Hall–Kier alpha value is -4.20. The molecule has 0 saturated heterocycles. The van der Waals surface area contributed by atoms with Gasteiger partial charge in [0.1, 0.15) is 0 Å². The quantitative estimate of drug-likeness (QED) is 0.0356. The Morgan fingerprint density at radius 1 is 0.256 bits per heavy atom. The number of benzene rings is 3. The molecule has 90 heavy (non-hydrogen) atoms. The molecule has 0 fully saturated rings. The first-order chi connectivity index (χ1) is 44.4. The lowest BCUT2D eigenvalue weighted by molar-refractivity contribution is 0.556. The molecular weight excluding hydrogens is 1170 g/mol. The second kappa shape index (κ2) is 38.9. The van der Waals surface area contributed by atoms with E-state index in [-0.39, 0.29) is 10.9 Å². The molecule has 2 nitrogen and oxygen atoms in total. The fourth-order valence-corrected chi connectivity index (χ4v) is 18.9. The average Bonchev–Trinajstić information content (AvgIpc) is 1.60. The zero-order valence-electron chi connectivity index (χ0n) is 56.6. The summed E-state index contributed by atoms with van der Waals surface area (Å²) in [5.74, 6) is 0. The Kier molecular flexibility index (Phi) is 30.3. The van der Waals surface area contributed by atoms with E-state index in [9.17, 15) is 9.59 Å². The van der Waals surface area contributed by atoms with Crippen LogP contribution in [-0.4, -0.2) is 0 Å². The maximum Gasteiger partial charge on any atom is 0.194 e. The topological polar surface area (TPSA) is 34.1 Å². The van der Waals surface area contributed by atoms with E-state index in [0.29, 0.717) is 0 Å². The van der Waals surface area contributed by atoms with E-state index in [1.807, 2.05) is 45.3 Å². The van der Waals surface area contributed by atoms with E-state index in [1.54, 1.807) is 0 Å². The molecule has 0 aliphatic heterocycles. The second-order valence-electron chi connectivity index (χ2n) is 27.4. The first-order valence-corrected chi connectivity index (χ1v) is 40.8. The third-order valence-corrected chi connectivity index (χ3v) is 24.7. The van der Waals surface area contributed by atoms with Crippen LogP contribution in [0.15, 0.2) is 93.1 Å². The molecule has 0 bridgehead atoms. The molecule has 0 N–H and O–H groups in total. The summed E-state index contributed by atoms with van der Waals surface area (Å²) in [6, 6.07) is 27.3. The Labute approximate surface area is 561 Å². The minimum absolute atomic E-state index is 0.0769. The molecule has 0 radical (unpaired) electrons. The summed E-state index contributed by atoms with van der Waals surface area (Å²) in [4.78, 5) is 37.7. The highest BCUT2D eigenvalue weighted by Gasteiger charge is 2.22. The Morgan fingerprint density at radius 2 is 0.533 bits per heavy atom. The monoisotopic (exact) mass is 1280 g/mol.